The molecule has 62 valence electrons. The van der Waals surface area contributed by atoms with Crippen molar-refractivity contribution in [2.24, 2.45) is 0 Å². The van der Waals surface area contributed by atoms with Crippen molar-refractivity contribution in [3.8, 4) is 0 Å². The van der Waals surface area contributed by atoms with E-state index in [1.807, 2.05) is 19.1 Å². The Morgan fingerprint density at radius 2 is 2.25 bits per heavy atom. The minimum Gasteiger partial charge on any atom is -0.380 e. The molecule has 0 aliphatic carbocycles. The highest BCUT2D eigenvalue weighted by Gasteiger charge is 2.09. The van der Waals surface area contributed by atoms with E-state index >= 15 is 0 Å². The highest BCUT2D eigenvalue weighted by molar-refractivity contribution is 14.1. The van der Waals surface area contributed by atoms with Crippen molar-refractivity contribution >= 4 is 39.4 Å². The molecule has 12 heavy (non-hydrogen) atoms. The monoisotopic (exact) mass is 274 g/mol. The van der Waals surface area contributed by atoms with Crippen LogP contribution >= 0.6 is 22.6 Å². The lowest BCUT2D eigenvalue weighted by molar-refractivity contribution is 0.459. The van der Waals surface area contributed by atoms with Crippen LogP contribution in [-0.2, 0) is 0 Å². The molecule has 0 atom stereocenters. The van der Waals surface area contributed by atoms with Gasteiger partial charge in [-0.25, -0.2) is 0 Å². The Kier molecular flexibility index (Phi) is 1.71. The molecule has 1 aromatic carbocycles. The molecule has 0 saturated heterocycles. The fourth-order valence-electron chi connectivity index (χ4n) is 1.16. The van der Waals surface area contributed by atoms with Crippen LogP contribution in [0.4, 0.5) is 5.82 Å². The number of hydrogen-bond donors (Lipinski definition) is 1. The van der Waals surface area contributed by atoms with Crippen LogP contribution in [0.15, 0.2) is 16.7 Å². The summed E-state index contributed by atoms with van der Waals surface area (Å²) in [5, 5.41) is 4.64. The Hall–Kier alpha value is -0.780. The first-order valence-corrected chi connectivity index (χ1v) is 4.58. The summed E-state index contributed by atoms with van der Waals surface area (Å²) in [5.41, 5.74) is 7.49. The first-order valence-electron chi connectivity index (χ1n) is 3.50. The Labute approximate surface area is 83.0 Å². The van der Waals surface area contributed by atoms with Gasteiger partial charge in [-0.15, -0.1) is 0 Å². The van der Waals surface area contributed by atoms with E-state index in [1.54, 1.807) is 0 Å². The lowest BCUT2D eigenvalue weighted by Crippen LogP contribution is -1.86. The molecule has 0 radical (unpaired) electrons. The molecule has 0 spiro atoms. The van der Waals surface area contributed by atoms with Crippen LogP contribution in [-0.4, -0.2) is 5.16 Å². The number of aryl methyl sites for hydroxylation is 1. The third-order valence-corrected chi connectivity index (χ3v) is 2.69. The molecule has 4 heteroatoms. The van der Waals surface area contributed by atoms with Crippen molar-refractivity contribution in [1.82, 2.24) is 5.16 Å². The SMILES string of the molecule is Cc1ccc(I)c2c(N)noc12. The van der Waals surface area contributed by atoms with E-state index in [4.69, 9.17) is 10.3 Å². The van der Waals surface area contributed by atoms with Gasteiger partial charge in [-0.05, 0) is 41.1 Å². The van der Waals surface area contributed by atoms with Crippen LogP contribution in [0.3, 0.4) is 0 Å². The summed E-state index contributed by atoms with van der Waals surface area (Å²) >= 11 is 2.22. The second-order valence-electron chi connectivity index (χ2n) is 2.64. The molecular weight excluding hydrogens is 267 g/mol. The standard InChI is InChI=1S/C8H7IN2O/c1-4-2-3-5(9)6-7(4)12-11-8(6)10/h2-3H,1H3,(H2,10,11). The van der Waals surface area contributed by atoms with Crippen molar-refractivity contribution in [1.29, 1.82) is 0 Å². The van der Waals surface area contributed by atoms with Crippen LogP contribution in [0.25, 0.3) is 11.0 Å². The van der Waals surface area contributed by atoms with E-state index in [0.29, 0.717) is 5.82 Å². The summed E-state index contributed by atoms with van der Waals surface area (Å²) in [6.07, 6.45) is 0. The zero-order valence-electron chi connectivity index (χ0n) is 6.47. The largest absolute Gasteiger partial charge is 0.380 e. The molecule has 0 amide bonds. The van der Waals surface area contributed by atoms with Crippen LogP contribution in [0.5, 0.6) is 0 Å². The smallest absolute Gasteiger partial charge is 0.175 e. The van der Waals surface area contributed by atoms with Crippen LogP contribution in [0.1, 0.15) is 5.56 Å². The minimum absolute atomic E-state index is 0.470. The Morgan fingerprint density at radius 1 is 1.50 bits per heavy atom. The quantitative estimate of drug-likeness (QED) is 0.750. The zero-order chi connectivity index (χ0) is 8.72. The average Bonchev–Trinajstić information content (AvgIpc) is 2.42. The molecule has 1 heterocycles. The van der Waals surface area contributed by atoms with Gasteiger partial charge in [0.15, 0.2) is 11.4 Å². The molecule has 0 saturated carbocycles. The number of halogens is 1. The molecule has 0 aliphatic rings. The van der Waals surface area contributed by atoms with E-state index in [2.05, 4.69) is 27.7 Å². The number of nitrogen functional groups attached to an aromatic ring is 1. The number of nitrogens with two attached hydrogens (primary N) is 1. The van der Waals surface area contributed by atoms with E-state index in [9.17, 15) is 0 Å². The maximum absolute atomic E-state index is 5.64. The van der Waals surface area contributed by atoms with Gasteiger partial charge in [0.1, 0.15) is 0 Å². The summed E-state index contributed by atoms with van der Waals surface area (Å²) in [4.78, 5) is 0. The third-order valence-electron chi connectivity index (χ3n) is 1.80. The first kappa shape index (κ1) is 7.85. The topological polar surface area (TPSA) is 52.0 Å². The van der Waals surface area contributed by atoms with Crippen molar-refractivity contribution in [3.63, 3.8) is 0 Å². The van der Waals surface area contributed by atoms with Crippen molar-refractivity contribution < 1.29 is 4.52 Å². The van der Waals surface area contributed by atoms with E-state index in [0.717, 1.165) is 20.1 Å². The van der Waals surface area contributed by atoms with Crippen molar-refractivity contribution in [2.45, 2.75) is 6.92 Å². The molecule has 2 aromatic rings. The van der Waals surface area contributed by atoms with Crippen LogP contribution < -0.4 is 5.73 Å². The number of aromatic nitrogens is 1. The summed E-state index contributed by atoms with van der Waals surface area (Å²) in [6.45, 7) is 1.98. The highest BCUT2D eigenvalue weighted by Crippen LogP contribution is 2.27. The molecule has 0 bridgehead atoms. The highest BCUT2D eigenvalue weighted by atomic mass is 127. The number of fused-ring (bicyclic) bond motifs is 1. The molecule has 2 rings (SSSR count). The van der Waals surface area contributed by atoms with Gasteiger partial charge in [-0.1, -0.05) is 11.2 Å². The number of benzene rings is 1. The Balaban J connectivity index is 2.98. The molecule has 2 N–H and O–H groups in total. The van der Waals surface area contributed by atoms with Gasteiger partial charge in [-0.3, -0.25) is 0 Å². The molecule has 3 nitrogen and oxygen atoms in total. The van der Waals surface area contributed by atoms with E-state index < -0.39 is 0 Å². The zero-order valence-corrected chi connectivity index (χ0v) is 8.62. The maximum Gasteiger partial charge on any atom is 0.175 e. The number of rotatable bonds is 0. The fraction of sp³-hybridized carbons (Fsp3) is 0.125. The van der Waals surface area contributed by atoms with Gasteiger partial charge in [0.2, 0.25) is 0 Å². The lowest BCUT2D eigenvalue weighted by atomic mass is 10.2. The van der Waals surface area contributed by atoms with Crippen molar-refractivity contribution in [2.75, 3.05) is 5.73 Å². The summed E-state index contributed by atoms with van der Waals surface area (Å²) < 4.78 is 6.16. The van der Waals surface area contributed by atoms with Gasteiger partial charge in [0, 0.05) is 3.57 Å². The third kappa shape index (κ3) is 0.979. The Morgan fingerprint density at radius 3 is 2.92 bits per heavy atom. The number of hydrogen-bond acceptors (Lipinski definition) is 3. The molecule has 0 aliphatic heterocycles. The lowest BCUT2D eigenvalue weighted by Gasteiger charge is -1.94. The molecule has 1 aromatic heterocycles. The van der Waals surface area contributed by atoms with Crippen molar-refractivity contribution in [3.05, 3.63) is 21.3 Å². The molecular formula is C8H7IN2O. The second-order valence-corrected chi connectivity index (χ2v) is 3.80. The number of anilines is 1. The first-order chi connectivity index (χ1) is 5.70. The second kappa shape index (κ2) is 2.62. The summed E-state index contributed by atoms with van der Waals surface area (Å²) in [5.74, 6) is 0.470. The normalized spacial score (nSPS) is 10.8. The number of nitrogens with zero attached hydrogens (tertiary/aromatic N) is 1. The van der Waals surface area contributed by atoms with E-state index in [1.165, 1.54) is 0 Å². The van der Waals surface area contributed by atoms with Crippen LogP contribution in [0.2, 0.25) is 0 Å². The minimum atomic E-state index is 0.470. The van der Waals surface area contributed by atoms with Gasteiger partial charge in [-0.2, -0.15) is 0 Å². The van der Waals surface area contributed by atoms with E-state index in [-0.39, 0.29) is 0 Å². The average molecular weight is 274 g/mol. The van der Waals surface area contributed by atoms with Crippen LogP contribution in [0, 0.1) is 10.5 Å². The summed E-state index contributed by atoms with van der Waals surface area (Å²) in [7, 11) is 0. The van der Waals surface area contributed by atoms with Gasteiger partial charge in [0.25, 0.3) is 0 Å². The van der Waals surface area contributed by atoms with Gasteiger partial charge in [0.05, 0.1) is 5.39 Å². The van der Waals surface area contributed by atoms with Gasteiger partial charge >= 0.3 is 0 Å². The molecule has 0 unspecified atom stereocenters. The molecule has 0 fully saturated rings. The maximum atomic E-state index is 5.64. The summed E-state index contributed by atoms with van der Waals surface area (Å²) in [6, 6.07) is 4.00. The Bertz CT molecular complexity index is 436. The predicted molar refractivity (Wildman–Crippen MR) is 55.9 cm³/mol. The fourth-order valence-corrected chi connectivity index (χ4v) is 1.86. The van der Waals surface area contributed by atoms with Gasteiger partial charge < -0.3 is 10.3 Å². The predicted octanol–water partition coefficient (Wildman–Crippen LogP) is 2.32.